The number of hydrogen-bond acceptors (Lipinski definition) is 7. The maximum atomic E-state index is 6.20. The fourth-order valence-corrected chi connectivity index (χ4v) is 3.58. The number of aromatic nitrogens is 4. The van der Waals surface area contributed by atoms with Gasteiger partial charge in [0.25, 0.3) is 0 Å². The molecule has 8 heteroatoms. The van der Waals surface area contributed by atoms with E-state index in [1.54, 1.807) is 31.8 Å². The van der Waals surface area contributed by atoms with E-state index in [4.69, 9.17) is 19.2 Å². The van der Waals surface area contributed by atoms with Gasteiger partial charge < -0.3 is 19.2 Å². The highest BCUT2D eigenvalue weighted by molar-refractivity contribution is 7.13. The van der Waals surface area contributed by atoms with Crippen LogP contribution < -0.4 is 14.2 Å². The molecule has 0 fully saturated rings. The van der Waals surface area contributed by atoms with Gasteiger partial charge in [-0.25, -0.2) is 9.97 Å². The molecule has 0 aliphatic carbocycles. The Bertz CT molecular complexity index is 1290. The molecule has 0 aliphatic heterocycles. The smallest absolute Gasteiger partial charge is 0.169 e. The normalized spacial score (nSPS) is 10.8. The highest BCUT2D eigenvalue weighted by atomic mass is 32.1. The van der Waals surface area contributed by atoms with E-state index < -0.39 is 0 Å². The van der Waals surface area contributed by atoms with E-state index in [1.807, 2.05) is 47.8 Å². The molecule has 3 aromatic heterocycles. The Hall–Kier alpha value is -3.91. The Morgan fingerprint density at radius 2 is 1.80 bits per heavy atom. The third-order valence-electron chi connectivity index (χ3n) is 4.32. The summed E-state index contributed by atoms with van der Waals surface area (Å²) in [6.07, 6.45) is 5.09. The molecule has 0 bridgehead atoms. The largest absolute Gasteiger partial charge is 0.493 e. The number of imidazole rings is 1. The van der Waals surface area contributed by atoms with Gasteiger partial charge in [-0.05, 0) is 24.3 Å². The summed E-state index contributed by atoms with van der Waals surface area (Å²) in [5, 5.41) is 2.70. The van der Waals surface area contributed by atoms with E-state index in [-0.39, 0.29) is 0 Å². The Labute approximate surface area is 175 Å². The van der Waals surface area contributed by atoms with Gasteiger partial charge in [-0.15, -0.1) is 11.3 Å². The summed E-state index contributed by atoms with van der Waals surface area (Å²) in [4.78, 5) is 16.5. The van der Waals surface area contributed by atoms with Gasteiger partial charge in [0.2, 0.25) is 0 Å². The van der Waals surface area contributed by atoms with Crippen LogP contribution >= 0.6 is 11.3 Å². The lowest BCUT2D eigenvalue weighted by Gasteiger charge is -2.12. The van der Waals surface area contributed by atoms with Crippen molar-refractivity contribution in [2.45, 2.75) is 0 Å². The number of nitrogens with zero attached hydrogens (tertiary/aromatic N) is 3. The summed E-state index contributed by atoms with van der Waals surface area (Å²) in [6.45, 7) is 0. The Morgan fingerprint density at radius 3 is 2.57 bits per heavy atom. The number of hydrogen-bond donors (Lipinski definition) is 1. The summed E-state index contributed by atoms with van der Waals surface area (Å²) >= 11 is 1.51. The van der Waals surface area contributed by atoms with Gasteiger partial charge in [-0.3, -0.25) is 4.98 Å². The van der Waals surface area contributed by atoms with Crippen LogP contribution in [0.3, 0.4) is 0 Å². The average Bonchev–Trinajstić information content (AvgIpc) is 3.45. The molecule has 30 heavy (non-hydrogen) atoms. The second-order valence-electron chi connectivity index (χ2n) is 6.28. The summed E-state index contributed by atoms with van der Waals surface area (Å²) < 4.78 is 17.6. The van der Waals surface area contributed by atoms with E-state index in [9.17, 15) is 0 Å². The summed E-state index contributed by atoms with van der Waals surface area (Å²) in [5.41, 5.74) is 1.44. The summed E-state index contributed by atoms with van der Waals surface area (Å²) in [6, 6.07) is 14.8. The van der Waals surface area contributed by atoms with E-state index in [1.165, 1.54) is 11.3 Å². The molecule has 0 saturated carbocycles. The Morgan fingerprint density at radius 1 is 0.900 bits per heavy atom. The van der Waals surface area contributed by atoms with Crippen LogP contribution in [-0.4, -0.2) is 27.0 Å². The highest BCUT2D eigenvalue weighted by Gasteiger charge is 2.16. The first-order valence-corrected chi connectivity index (χ1v) is 10.0. The molecule has 2 aromatic carbocycles. The molecule has 5 rings (SSSR count). The van der Waals surface area contributed by atoms with Gasteiger partial charge in [-0.1, -0.05) is 12.1 Å². The first-order valence-electron chi connectivity index (χ1n) is 9.12. The van der Waals surface area contributed by atoms with Crippen molar-refractivity contribution in [3.05, 3.63) is 72.5 Å². The number of rotatable bonds is 6. The van der Waals surface area contributed by atoms with Crippen LogP contribution in [-0.2, 0) is 0 Å². The predicted molar refractivity (Wildman–Crippen MR) is 115 cm³/mol. The minimum atomic E-state index is 0.537. The lowest BCUT2D eigenvalue weighted by molar-refractivity contribution is 0.379. The summed E-state index contributed by atoms with van der Waals surface area (Å²) in [5.74, 6) is 3.63. The molecular weight excluding hydrogens is 400 g/mol. The zero-order chi connectivity index (χ0) is 20.3. The van der Waals surface area contributed by atoms with Crippen LogP contribution in [0.2, 0.25) is 0 Å². The number of aromatic amines is 1. The van der Waals surface area contributed by atoms with Crippen LogP contribution in [0.5, 0.6) is 28.7 Å². The highest BCUT2D eigenvalue weighted by Crippen LogP contribution is 2.38. The number of para-hydroxylation sites is 2. The first kappa shape index (κ1) is 18.1. The number of nitrogens with one attached hydrogen (secondary N) is 1. The molecule has 5 aromatic rings. The minimum Gasteiger partial charge on any atom is -0.493 e. The molecule has 0 amide bonds. The molecule has 0 spiro atoms. The number of pyridine rings is 1. The maximum Gasteiger partial charge on any atom is 0.169 e. The fraction of sp³-hybridized carbons (Fsp3) is 0.0455. The van der Waals surface area contributed by atoms with Crippen LogP contribution in [0, 0.1) is 0 Å². The van der Waals surface area contributed by atoms with Crippen molar-refractivity contribution in [1.82, 2.24) is 19.9 Å². The second-order valence-corrected chi connectivity index (χ2v) is 7.18. The van der Waals surface area contributed by atoms with E-state index >= 15 is 0 Å². The molecule has 0 saturated heterocycles. The second kappa shape index (κ2) is 7.84. The molecular formula is C22H16N4O3S. The first-order chi connectivity index (χ1) is 14.8. The minimum absolute atomic E-state index is 0.537. The zero-order valence-electron chi connectivity index (χ0n) is 15.9. The van der Waals surface area contributed by atoms with Gasteiger partial charge in [0.1, 0.15) is 17.0 Å². The Kier molecular flexibility index (Phi) is 4.74. The number of thiazole rings is 1. The standard InChI is InChI=1S/C22H16N4O3S/c1-27-17-6-2-3-7-18(17)29-19-12-15(28-14-5-4-8-23-13-14)11-16-20(19)26-21(25-16)22-24-9-10-30-22/h2-13H,1H3,(H,25,26). The van der Waals surface area contributed by atoms with Gasteiger partial charge in [0.05, 0.1) is 18.8 Å². The number of ether oxygens (including phenoxy) is 3. The molecule has 7 nitrogen and oxygen atoms in total. The molecule has 0 atom stereocenters. The molecule has 0 unspecified atom stereocenters. The number of fused-ring (bicyclic) bond motifs is 1. The number of methoxy groups -OCH3 is 1. The van der Waals surface area contributed by atoms with Crippen molar-refractivity contribution < 1.29 is 14.2 Å². The summed E-state index contributed by atoms with van der Waals surface area (Å²) in [7, 11) is 1.61. The molecule has 0 radical (unpaired) electrons. The fourth-order valence-electron chi connectivity index (χ4n) is 3.00. The van der Waals surface area contributed by atoms with Gasteiger partial charge >= 0.3 is 0 Å². The topological polar surface area (TPSA) is 82.1 Å². The van der Waals surface area contributed by atoms with Gasteiger partial charge in [-0.2, -0.15) is 0 Å². The third kappa shape index (κ3) is 3.56. The van der Waals surface area contributed by atoms with Crippen LogP contribution in [0.25, 0.3) is 21.9 Å². The number of H-pyrrole nitrogens is 1. The van der Waals surface area contributed by atoms with Crippen molar-refractivity contribution in [3.8, 4) is 39.6 Å². The van der Waals surface area contributed by atoms with E-state index in [2.05, 4.69) is 15.0 Å². The molecule has 3 heterocycles. The van der Waals surface area contributed by atoms with Crippen molar-refractivity contribution in [2.24, 2.45) is 0 Å². The molecule has 0 aliphatic rings. The van der Waals surface area contributed by atoms with Crippen LogP contribution in [0.15, 0.2) is 72.5 Å². The van der Waals surface area contributed by atoms with E-state index in [0.717, 1.165) is 10.5 Å². The van der Waals surface area contributed by atoms with Gasteiger partial charge in [0.15, 0.2) is 28.1 Å². The third-order valence-corrected chi connectivity index (χ3v) is 5.10. The lowest BCUT2D eigenvalue weighted by Crippen LogP contribution is -1.92. The van der Waals surface area contributed by atoms with Crippen LogP contribution in [0.4, 0.5) is 0 Å². The monoisotopic (exact) mass is 416 g/mol. The molecule has 148 valence electrons. The Balaban J connectivity index is 1.61. The predicted octanol–water partition coefficient (Wildman–Crippen LogP) is 5.67. The van der Waals surface area contributed by atoms with Crippen LogP contribution in [0.1, 0.15) is 0 Å². The SMILES string of the molecule is COc1ccccc1Oc1cc(Oc2cccnc2)cc2[nH]c(-c3nccs3)nc12. The van der Waals surface area contributed by atoms with Gasteiger partial charge in [0, 0.05) is 29.9 Å². The molecule has 1 N–H and O–H groups in total. The van der Waals surface area contributed by atoms with E-state index in [0.29, 0.717) is 40.1 Å². The van der Waals surface area contributed by atoms with Crippen molar-refractivity contribution in [1.29, 1.82) is 0 Å². The maximum absolute atomic E-state index is 6.20. The van der Waals surface area contributed by atoms with Crippen molar-refractivity contribution in [2.75, 3.05) is 7.11 Å². The number of benzene rings is 2. The van der Waals surface area contributed by atoms with Crippen molar-refractivity contribution in [3.63, 3.8) is 0 Å². The van der Waals surface area contributed by atoms with Crippen molar-refractivity contribution >= 4 is 22.4 Å². The average molecular weight is 416 g/mol. The zero-order valence-corrected chi connectivity index (χ0v) is 16.7. The quantitative estimate of drug-likeness (QED) is 0.384. The lowest BCUT2D eigenvalue weighted by atomic mass is 10.2.